The molecule has 32 heavy (non-hydrogen) atoms. The lowest BCUT2D eigenvalue weighted by molar-refractivity contribution is 0.0415. The number of amides is 1. The molecule has 1 fully saturated rings. The predicted octanol–water partition coefficient (Wildman–Crippen LogP) is 4.27. The van der Waals surface area contributed by atoms with Gasteiger partial charge >= 0.3 is 0 Å². The van der Waals surface area contributed by atoms with Gasteiger partial charge in [0.25, 0.3) is 5.91 Å². The number of carbonyl (C=O) groups is 1. The number of methoxy groups -OCH3 is 1. The van der Waals surface area contributed by atoms with Crippen molar-refractivity contribution in [3.63, 3.8) is 0 Å². The van der Waals surface area contributed by atoms with Gasteiger partial charge < -0.3 is 14.6 Å². The molecule has 1 aliphatic rings. The molecule has 0 radical (unpaired) electrons. The fourth-order valence-electron chi connectivity index (χ4n) is 4.41. The van der Waals surface area contributed by atoms with Gasteiger partial charge in [-0.2, -0.15) is 0 Å². The second-order valence-electron chi connectivity index (χ2n) is 8.07. The Morgan fingerprint density at radius 3 is 2.56 bits per heavy atom. The van der Waals surface area contributed by atoms with Crippen molar-refractivity contribution in [3.05, 3.63) is 95.8 Å². The fraction of sp³-hybridized carbons (Fsp3) is 0.231. The van der Waals surface area contributed by atoms with E-state index in [1.807, 2.05) is 59.5 Å². The zero-order valence-electron chi connectivity index (χ0n) is 18.1. The zero-order valence-corrected chi connectivity index (χ0v) is 18.1. The number of nitrogens with zero attached hydrogens (tertiary/aromatic N) is 3. The quantitative estimate of drug-likeness (QED) is 0.518. The Morgan fingerprint density at radius 1 is 1.00 bits per heavy atom. The second kappa shape index (κ2) is 8.85. The van der Waals surface area contributed by atoms with Crippen molar-refractivity contribution < 1.29 is 9.53 Å². The Hall–Kier alpha value is -3.64. The van der Waals surface area contributed by atoms with Crippen molar-refractivity contribution >= 4 is 16.9 Å². The van der Waals surface area contributed by atoms with Gasteiger partial charge in [-0.1, -0.05) is 54.6 Å². The third-order valence-corrected chi connectivity index (χ3v) is 6.04. The fourth-order valence-corrected chi connectivity index (χ4v) is 4.41. The highest BCUT2D eigenvalue weighted by Crippen LogP contribution is 2.30. The molecule has 6 heteroatoms. The summed E-state index contributed by atoms with van der Waals surface area (Å²) in [6.07, 6.45) is 0. The molecule has 4 aromatic rings. The van der Waals surface area contributed by atoms with Crippen molar-refractivity contribution in [2.75, 3.05) is 26.7 Å². The minimum atomic E-state index is -0.183. The molecule has 3 aromatic carbocycles. The van der Waals surface area contributed by atoms with E-state index in [9.17, 15) is 4.79 Å². The predicted molar refractivity (Wildman–Crippen MR) is 125 cm³/mol. The first-order chi connectivity index (χ1) is 15.7. The van der Waals surface area contributed by atoms with Crippen LogP contribution in [0.1, 0.15) is 27.8 Å². The minimum Gasteiger partial charge on any atom is -0.496 e. The summed E-state index contributed by atoms with van der Waals surface area (Å²) in [6, 6.07) is 25.6. The summed E-state index contributed by atoms with van der Waals surface area (Å²) >= 11 is 0. The molecule has 1 aromatic heterocycles. The maximum Gasteiger partial charge on any atom is 0.258 e. The van der Waals surface area contributed by atoms with Crippen molar-refractivity contribution in [3.8, 4) is 5.75 Å². The standard InChI is InChI=1S/C26H26N4O2/c1-32-24-14-8-5-11-20(24)26(31)30-16-15-29(17-19-9-3-2-4-10-19)18-23(30)25-27-21-12-6-7-13-22(21)28-25/h2-14,23H,15-18H2,1H3,(H,27,28). The number of ether oxygens (including phenoxy) is 1. The van der Waals surface area contributed by atoms with Crippen LogP contribution in [0.3, 0.4) is 0 Å². The number of nitrogens with one attached hydrogen (secondary N) is 1. The van der Waals surface area contributed by atoms with Crippen LogP contribution < -0.4 is 4.74 Å². The van der Waals surface area contributed by atoms with E-state index in [1.54, 1.807) is 7.11 Å². The molecule has 162 valence electrons. The number of rotatable bonds is 5. The number of hydrogen-bond acceptors (Lipinski definition) is 4. The molecule has 0 aliphatic carbocycles. The summed E-state index contributed by atoms with van der Waals surface area (Å²) in [7, 11) is 1.60. The zero-order chi connectivity index (χ0) is 21.9. The summed E-state index contributed by atoms with van der Waals surface area (Å²) in [4.78, 5) is 26.2. The van der Waals surface area contributed by atoms with Crippen LogP contribution in [0.4, 0.5) is 0 Å². The van der Waals surface area contributed by atoms with Crippen LogP contribution >= 0.6 is 0 Å². The second-order valence-corrected chi connectivity index (χ2v) is 8.07. The molecule has 1 N–H and O–H groups in total. The van der Waals surface area contributed by atoms with Gasteiger partial charge in [0.2, 0.25) is 0 Å². The van der Waals surface area contributed by atoms with Gasteiger partial charge in [-0.05, 0) is 29.8 Å². The van der Waals surface area contributed by atoms with Gasteiger partial charge in [-0.15, -0.1) is 0 Å². The van der Waals surface area contributed by atoms with E-state index < -0.39 is 0 Å². The molecule has 6 nitrogen and oxygen atoms in total. The Balaban J connectivity index is 1.48. The van der Waals surface area contributed by atoms with E-state index in [4.69, 9.17) is 9.72 Å². The summed E-state index contributed by atoms with van der Waals surface area (Å²) in [5.41, 5.74) is 3.73. The highest BCUT2D eigenvalue weighted by atomic mass is 16.5. The highest BCUT2D eigenvalue weighted by Gasteiger charge is 2.35. The maximum absolute atomic E-state index is 13.6. The molecular formula is C26H26N4O2. The van der Waals surface area contributed by atoms with Crippen LogP contribution in [0, 0.1) is 0 Å². The van der Waals surface area contributed by atoms with E-state index in [0.717, 1.165) is 29.9 Å². The molecule has 0 bridgehead atoms. The number of hydrogen-bond donors (Lipinski definition) is 1. The summed E-state index contributed by atoms with van der Waals surface area (Å²) in [5.74, 6) is 1.37. The molecular weight excluding hydrogens is 400 g/mol. The molecule has 1 aliphatic heterocycles. The summed E-state index contributed by atoms with van der Waals surface area (Å²) in [5, 5.41) is 0. The Bertz CT molecular complexity index is 1190. The largest absolute Gasteiger partial charge is 0.496 e. The minimum absolute atomic E-state index is 0.0349. The lowest BCUT2D eigenvalue weighted by Gasteiger charge is -2.40. The smallest absolute Gasteiger partial charge is 0.258 e. The molecule has 1 amide bonds. The van der Waals surface area contributed by atoms with Gasteiger partial charge in [0.1, 0.15) is 17.6 Å². The molecule has 2 heterocycles. The number of benzene rings is 3. The summed E-state index contributed by atoms with van der Waals surface area (Å²) < 4.78 is 5.47. The molecule has 1 atom stereocenters. The van der Waals surface area contributed by atoms with Gasteiger partial charge in [0.15, 0.2) is 0 Å². The monoisotopic (exact) mass is 426 g/mol. The number of piperazine rings is 1. The molecule has 1 unspecified atom stereocenters. The average Bonchev–Trinajstić information content (AvgIpc) is 3.28. The van der Waals surface area contributed by atoms with E-state index in [1.165, 1.54) is 5.56 Å². The number of H-pyrrole nitrogens is 1. The van der Waals surface area contributed by atoms with Gasteiger partial charge in [0, 0.05) is 26.2 Å². The molecule has 0 spiro atoms. The number of imidazole rings is 1. The topological polar surface area (TPSA) is 61.5 Å². The number of para-hydroxylation sites is 3. The van der Waals surface area contributed by atoms with Crippen LogP contribution in [0.15, 0.2) is 78.9 Å². The van der Waals surface area contributed by atoms with E-state index in [2.05, 4.69) is 34.1 Å². The first-order valence-electron chi connectivity index (χ1n) is 10.9. The lowest BCUT2D eigenvalue weighted by atomic mass is 10.1. The Morgan fingerprint density at radius 2 is 1.75 bits per heavy atom. The Kier molecular flexibility index (Phi) is 5.60. The third kappa shape index (κ3) is 3.97. The number of fused-ring (bicyclic) bond motifs is 1. The molecule has 0 saturated carbocycles. The molecule has 1 saturated heterocycles. The van der Waals surface area contributed by atoms with Crippen LogP contribution in [-0.2, 0) is 6.54 Å². The van der Waals surface area contributed by atoms with Crippen LogP contribution in [0.25, 0.3) is 11.0 Å². The average molecular weight is 427 g/mol. The first kappa shape index (κ1) is 20.3. The molecule has 5 rings (SSSR count). The summed E-state index contributed by atoms with van der Waals surface area (Å²) in [6.45, 7) is 2.96. The SMILES string of the molecule is COc1ccccc1C(=O)N1CCN(Cc2ccccc2)CC1c1nc2ccccc2[nH]1. The number of carbonyl (C=O) groups excluding carboxylic acids is 1. The number of aromatic amines is 1. The highest BCUT2D eigenvalue weighted by molar-refractivity contribution is 5.97. The van der Waals surface area contributed by atoms with Crippen molar-refractivity contribution in [1.82, 2.24) is 19.8 Å². The van der Waals surface area contributed by atoms with Crippen molar-refractivity contribution in [1.29, 1.82) is 0 Å². The lowest BCUT2D eigenvalue weighted by Crippen LogP contribution is -2.50. The van der Waals surface area contributed by atoms with Gasteiger partial charge in [0.05, 0.1) is 23.7 Å². The third-order valence-electron chi connectivity index (χ3n) is 6.04. The van der Waals surface area contributed by atoms with Crippen molar-refractivity contribution in [2.45, 2.75) is 12.6 Å². The van der Waals surface area contributed by atoms with E-state index in [-0.39, 0.29) is 11.9 Å². The van der Waals surface area contributed by atoms with E-state index in [0.29, 0.717) is 24.4 Å². The van der Waals surface area contributed by atoms with Crippen LogP contribution in [0.2, 0.25) is 0 Å². The van der Waals surface area contributed by atoms with Crippen molar-refractivity contribution in [2.24, 2.45) is 0 Å². The van der Waals surface area contributed by atoms with E-state index >= 15 is 0 Å². The van der Waals surface area contributed by atoms with Crippen LogP contribution in [0.5, 0.6) is 5.75 Å². The maximum atomic E-state index is 13.6. The first-order valence-corrected chi connectivity index (χ1v) is 10.9. The van der Waals surface area contributed by atoms with Gasteiger partial charge in [-0.3, -0.25) is 9.69 Å². The van der Waals surface area contributed by atoms with Crippen LogP contribution in [-0.4, -0.2) is 52.4 Å². The Labute approximate surface area is 187 Å². The number of aromatic nitrogens is 2. The van der Waals surface area contributed by atoms with Gasteiger partial charge in [-0.25, -0.2) is 4.98 Å². The normalized spacial score (nSPS) is 16.9.